The maximum atomic E-state index is 13.8. The Labute approximate surface area is 187 Å². The third-order valence-corrected chi connectivity index (χ3v) is 6.77. The Bertz CT molecular complexity index is 1110. The molecule has 2 aromatic carbocycles. The summed E-state index contributed by atoms with van der Waals surface area (Å²) in [5.41, 5.74) is 1.79. The van der Waals surface area contributed by atoms with Gasteiger partial charge in [-0.2, -0.15) is 5.01 Å². The minimum absolute atomic E-state index is 0.157. The molecule has 1 spiro atoms. The van der Waals surface area contributed by atoms with Crippen molar-refractivity contribution in [2.24, 2.45) is 5.10 Å². The second-order valence-electron chi connectivity index (χ2n) is 6.80. The van der Waals surface area contributed by atoms with Gasteiger partial charge in [0.25, 0.3) is 5.91 Å². The summed E-state index contributed by atoms with van der Waals surface area (Å²) in [6, 6.07) is 12.7. The van der Waals surface area contributed by atoms with Gasteiger partial charge >= 0.3 is 0 Å². The lowest BCUT2D eigenvalue weighted by Crippen LogP contribution is -2.48. The van der Waals surface area contributed by atoms with Gasteiger partial charge in [0.2, 0.25) is 16.7 Å². The summed E-state index contributed by atoms with van der Waals surface area (Å²) < 4.78 is 0. The molecule has 10 heteroatoms. The minimum atomic E-state index is -1.51. The van der Waals surface area contributed by atoms with Crippen LogP contribution in [0.5, 0.6) is 0 Å². The van der Waals surface area contributed by atoms with Gasteiger partial charge in [-0.3, -0.25) is 14.4 Å². The number of amides is 3. The first kappa shape index (κ1) is 20.7. The summed E-state index contributed by atoms with van der Waals surface area (Å²) in [5.74, 6) is -1.20. The normalized spacial score (nSPS) is 19.9. The van der Waals surface area contributed by atoms with Crippen LogP contribution >= 0.6 is 35.0 Å². The van der Waals surface area contributed by atoms with Crippen LogP contribution in [-0.2, 0) is 25.8 Å². The van der Waals surface area contributed by atoms with E-state index in [1.807, 2.05) is 30.3 Å². The van der Waals surface area contributed by atoms with Gasteiger partial charge in [-0.15, -0.1) is 5.10 Å². The smallest absolute Gasteiger partial charge is 0.271 e. The highest BCUT2D eigenvalue weighted by atomic mass is 35.5. The number of nitrogens with one attached hydrogen (secondary N) is 1. The molecule has 0 fully saturated rings. The van der Waals surface area contributed by atoms with Crippen LogP contribution in [0.15, 0.2) is 47.6 Å². The van der Waals surface area contributed by atoms with Gasteiger partial charge in [-0.05, 0) is 23.4 Å². The quantitative estimate of drug-likeness (QED) is 0.737. The topological polar surface area (TPSA) is 82.1 Å². The summed E-state index contributed by atoms with van der Waals surface area (Å²) in [6.45, 7) is 2.87. The summed E-state index contributed by atoms with van der Waals surface area (Å²) >= 11 is 13.8. The second kappa shape index (κ2) is 7.61. The largest absolute Gasteiger partial charge is 0.304 e. The van der Waals surface area contributed by atoms with E-state index in [-0.39, 0.29) is 22.6 Å². The maximum absolute atomic E-state index is 13.8. The van der Waals surface area contributed by atoms with Crippen molar-refractivity contribution in [3.63, 3.8) is 0 Å². The Kier molecular flexibility index (Phi) is 5.25. The lowest BCUT2D eigenvalue weighted by molar-refractivity contribution is -0.139. The number of carbonyl (C=O) groups excluding carboxylic acids is 3. The van der Waals surface area contributed by atoms with Gasteiger partial charge < -0.3 is 10.2 Å². The number of carbonyl (C=O) groups is 3. The zero-order valence-corrected chi connectivity index (χ0v) is 18.3. The second-order valence-corrected chi connectivity index (χ2v) is 8.76. The van der Waals surface area contributed by atoms with Crippen molar-refractivity contribution in [2.75, 3.05) is 4.90 Å². The molecule has 0 radical (unpaired) electrons. The molecule has 0 unspecified atom stereocenters. The fourth-order valence-corrected chi connectivity index (χ4v) is 5.30. The Hall–Kier alpha value is -2.55. The van der Waals surface area contributed by atoms with Crippen LogP contribution in [0.3, 0.4) is 0 Å². The van der Waals surface area contributed by atoms with Crippen LogP contribution in [0.25, 0.3) is 0 Å². The van der Waals surface area contributed by atoms with Crippen molar-refractivity contribution < 1.29 is 14.4 Å². The summed E-state index contributed by atoms with van der Waals surface area (Å²) in [6.07, 6.45) is 0. The highest BCUT2D eigenvalue weighted by molar-refractivity contribution is 8.15. The van der Waals surface area contributed by atoms with Crippen LogP contribution < -0.4 is 10.2 Å². The van der Waals surface area contributed by atoms with E-state index in [1.165, 1.54) is 18.7 Å². The molecule has 2 aliphatic heterocycles. The average molecular weight is 463 g/mol. The molecule has 30 heavy (non-hydrogen) atoms. The molecule has 1 atom stereocenters. The van der Waals surface area contributed by atoms with Crippen LogP contribution in [0.4, 0.5) is 5.69 Å². The molecule has 2 heterocycles. The highest BCUT2D eigenvalue weighted by Crippen LogP contribution is 2.57. The molecule has 4 rings (SSSR count). The molecule has 0 bridgehead atoms. The number of fused-ring (bicyclic) bond motifs is 2. The van der Waals surface area contributed by atoms with Gasteiger partial charge in [0.1, 0.15) is 0 Å². The van der Waals surface area contributed by atoms with Gasteiger partial charge in [0, 0.05) is 19.4 Å². The monoisotopic (exact) mass is 462 g/mol. The fourth-order valence-electron chi connectivity index (χ4n) is 3.56. The molecule has 7 nitrogen and oxygen atoms in total. The first-order chi connectivity index (χ1) is 14.3. The van der Waals surface area contributed by atoms with Crippen molar-refractivity contribution in [3.8, 4) is 0 Å². The lowest BCUT2D eigenvalue weighted by Gasteiger charge is -2.29. The van der Waals surface area contributed by atoms with E-state index in [9.17, 15) is 14.4 Å². The summed E-state index contributed by atoms with van der Waals surface area (Å²) in [4.78, 5) is 37.9. The highest BCUT2D eigenvalue weighted by Gasteiger charge is 2.61. The molecular formula is C20H16Cl2N4O3S. The Morgan fingerprint density at radius 2 is 1.83 bits per heavy atom. The Morgan fingerprint density at radius 1 is 1.13 bits per heavy atom. The van der Waals surface area contributed by atoms with E-state index in [2.05, 4.69) is 10.4 Å². The average Bonchev–Trinajstić information content (AvgIpc) is 3.18. The summed E-state index contributed by atoms with van der Waals surface area (Å²) in [7, 11) is 0. The summed E-state index contributed by atoms with van der Waals surface area (Å²) in [5, 5.41) is 8.54. The van der Waals surface area contributed by atoms with E-state index in [0.29, 0.717) is 16.3 Å². The van der Waals surface area contributed by atoms with Crippen molar-refractivity contribution in [2.45, 2.75) is 25.3 Å². The standard InChI is InChI=1S/C20H16Cl2N4O3S/c1-11(27)23-19-24-26(12(2)28)20(30-19)14-8-9-15(21)16(22)17(14)25(18(20)29)10-13-6-4-3-5-7-13/h3-9H,10H2,1-2H3,(H,23,24,27)/t20-/m0/s1. The van der Waals surface area contributed by atoms with E-state index in [4.69, 9.17) is 23.2 Å². The fraction of sp³-hybridized carbons (Fsp3) is 0.200. The number of nitrogens with zero attached hydrogens (tertiary/aromatic N) is 3. The third kappa shape index (κ3) is 3.15. The van der Waals surface area contributed by atoms with Crippen LogP contribution in [0.1, 0.15) is 25.0 Å². The van der Waals surface area contributed by atoms with Gasteiger partial charge in [0.05, 0.1) is 22.3 Å². The lowest BCUT2D eigenvalue weighted by atomic mass is 10.1. The predicted molar refractivity (Wildman–Crippen MR) is 117 cm³/mol. The first-order valence-corrected chi connectivity index (χ1v) is 10.5. The molecule has 0 aromatic heterocycles. The number of anilines is 1. The molecule has 2 aliphatic rings. The zero-order chi connectivity index (χ0) is 21.6. The molecule has 0 saturated heterocycles. The van der Waals surface area contributed by atoms with Crippen LogP contribution in [0.2, 0.25) is 10.0 Å². The molecule has 154 valence electrons. The molecule has 1 N–H and O–H groups in total. The number of hydrogen-bond donors (Lipinski definition) is 1. The van der Waals surface area contributed by atoms with Crippen molar-refractivity contribution in [1.29, 1.82) is 0 Å². The number of halogens is 2. The zero-order valence-electron chi connectivity index (χ0n) is 16.0. The van der Waals surface area contributed by atoms with Gasteiger partial charge in [-0.25, -0.2) is 0 Å². The molecule has 0 aliphatic carbocycles. The number of rotatable bonds is 2. The molecule has 0 saturated carbocycles. The van der Waals surface area contributed by atoms with Crippen LogP contribution in [-0.4, -0.2) is 27.9 Å². The first-order valence-electron chi connectivity index (χ1n) is 8.96. The number of benzene rings is 2. The van der Waals surface area contributed by atoms with Crippen LogP contribution in [0, 0.1) is 0 Å². The SMILES string of the molecule is CC(=O)NC1=NN(C(C)=O)[C@@]2(S1)C(=O)N(Cc1ccccc1)c1c2ccc(Cl)c1Cl. The molecule has 2 aromatic rings. The molecule has 3 amide bonds. The number of thioether (sulfide) groups is 1. The Morgan fingerprint density at radius 3 is 2.47 bits per heavy atom. The molecular weight excluding hydrogens is 447 g/mol. The Balaban J connectivity index is 1.88. The van der Waals surface area contributed by atoms with Gasteiger partial charge in [-0.1, -0.05) is 59.6 Å². The van der Waals surface area contributed by atoms with E-state index < -0.39 is 16.7 Å². The van der Waals surface area contributed by atoms with Gasteiger partial charge in [0.15, 0.2) is 5.17 Å². The third-order valence-electron chi connectivity index (χ3n) is 4.74. The van der Waals surface area contributed by atoms with Crippen molar-refractivity contribution in [1.82, 2.24) is 10.3 Å². The van der Waals surface area contributed by atoms with Crippen molar-refractivity contribution in [3.05, 3.63) is 63.6 Å². The number of amidine groups is 1. The minimum Gasteiger partial charge on any atom is -0.304 e. The van der Waals surface area contributed by atoms with E-state index in [0.717, 1.165) is 22.3 Å². The predicted octanol–water partition coefficient (Wildman–Crippen LogP) is 3.70. The van der Waals surface area contributed by atoms with E-state index >= 15 is 0 Å². The maximum Gasteiger partial charge on any atom is 0.271 e. The van der Waals surface area contributed by atoms with Crippen molar-refractivity contribution >= 4 is 63.5 Å². The number of hydrogen-bond acceptors (Lipinski definition) is 5. The van der Waals surface area contributed by atoms with E-state index in [1.54, 1.807) is 12.1 Å². The number of hydrazone groups is 1.